The summed E-state index contributed by atoms with van der Waals surface area (Å²) in [6, 6.07) is 0. The Labute approximate surface area is 165 Å². The van der Waals surface area contributed by atoms with Crippen molar-refractivity contribution in [3.8, 4) is 0 Å². The van der Waals surface area contributed by atoms with Gasteiger partial charge in [0.25, 0.3) is 0 Å². The van der Waals surface area contributed by atoms with Crippen molar-refractivity contribution in [1.29, 1.82) is 0 Å². The average Bonchev–Trinajstić information content (AvgIpc) is 2.52. The van der Waals surface area contributed by atoms with Crippen LogP contribution in [0.2, 0.25) is 0 Å². The lowest BCUT2D eigenvalue weighted by atomic mass is 9.85. The smallest absolute Gasteiger partial charge is 0.191 e. The van der Waals surface area contributed by atoms with Crippen LogP contribution >= 0.6 is 24.0 Å². The molecule has 3 N–H and O–H groups in total. The van der Waals surface area contributed by atoms with Gasteiger partial charge in [-0.05, 0) is 39.0 Å². The topological polar surface area (TPSA) is 65.9 Å². The van der Waals surface area contributed by atoms with Crippen molar-refractivity contribution in [2.75, 3.05) is 26.2 Å². The maximum Gasteiger partial charge on any atom is 0.191 e. The highest BCUT2D eigenvalue weighted by Crippen LogP contribution is 2.28. The molecule has 0 aromatic carbocycles. The van der Waals surface area contributed by atoms with Crippen LogP contribution in [0.1, 0.15) is 66.2 Å². The highest BCUT2D eigenvalue weighted by molar-refractivity contribution is 14.0. The molecule has 1 aliphatic rings. The van der Waals surface area contributed by atoms with E-state index >= 15 is 0 Å². The minimum atomic E-state index is -0.605. The summed E-state index contributed by atoms with van der Waals surface area (Å²) in [6.45, 7) is 11.4. The minimum Gasteiger partial charge on any atom is -0.388 e. The summed E-state index contributed by atoms with van der Waals surface area (Å²) >= 11 is 0. The Morgan fingerprint density at radius 2 is 1.83 bits per heavy atom. The molecule has 0 heterocycles. The average molecular weight is 455 g/mol. The van der Waals surface area contributed by atoms with Gasteiger partial charge >= 0.3 is 0 Å². The van der Waals surface area contributed by atoms with E-state index in [4.69, 9.17) is 4.74 Å². The molecule has 1 unspecified atom stereocenters. The predicted octanol–water partition coefficient (Wildman–Crippen LogP) is 3.31. The molecule has 144 valence electrons. The number of nitrogens with one attached hydrogen (secondary N) is 2. The monoisotopic (exact) mass is 455 g/mol. The van der Waals surface area contributed by atoms with Gasteiger partial charge in [0.15, 0.2) is 5.96 Å². The lowest BCUT2D eigenvalue weighted by Gasteiger charge is -2.30. The molecule has 1 rings (SSSR count). The number of ether oxygens (including phenoxy) is 1. The first-order chi connectivity index (χ1) is 11.0. The van der Waals surface area contributed by atoms with Crippen molar-refractivity contribution in [3.05, 3.63) is 0 Å². The minimum absolute atomic E-state index is 0. The third-order valence-electron chi connectivity index (χ3n) is 4.51. The Morgan fingerprint density at radius 3 is 2.38 bits per heavy atom. The molecule has 1 atom stereocenters. The van der Waals surface area contributed by atoms with Gasteiger partial charge in [0.05, 0.1) is 18.2 Å². The third-order valence-corrected chi connectivity index (χ3v) is 4.51. The lowest BCUT2D eigenvalue weighted by molar-refractivity contribution is 0.0131. The Balaban J connectivity index is 0.00000529. The van der Waals surface area contributed by atoms with Crippen LogP contribution in [-0.2, 0) is 4.74 Å². The van der Waals surface area contributed by atoms with Crippen LogP contribution in [0.15, 0.2) is 4.99 Å². The largest absolute Gasteiger partial charge is 0.388 e. The molecule has 0 bridgehead atoms. The molecule has 1 aliphatic carbocycles. The number of halogens is 1. The van der Waals surface area contributed by atoms with Gasteiger partial charge in [-0.3, -0.25) is 4.99 Å². The van der Waals surface area contributed by atoms with Gasteiger partial charge in [-0.2, -0.15) is 0 Å². The predicted molar refractivity (Wildman–Crippen MR) is 112 cm³/mol. The van der Waals surface area contributed by atoms with E-state index in [0.717, 1.165) is 57.8 Å². The van der Waals surface area contributed by atoms with E-state index in [0.29, 0.717) is 12.5 Å². The summed E-state index contributed by atoms with van der Waals surface area (Å²) in [7, 11) is 0. The zero-order chi connectivity index (χ0) is 17.1. The number of nitrogens with zero attached hydrogens (tertiary/aromatic N) is 1. The summed E-state index contributed by atoms with van der Waals surface area (Å²) in [6.07, 6.45) is 6.43. The summed E-state index contributed by atoms with van der Waals surface area (Å²) in [5.74, 6) is 1.31. The van der Waals surface area contributed by atoms with Crippen molar-refractivity contribution >= 4 is 29.9 Å². The van der Waals surface area contributed by atoms with E-state index in [1.165, 1.54) is 6.42 Å². The Hall–Kier alpha value is -0.0800. The summed E-state index contributed by atoms with van der Waals surface area (Å²) in [5, 5.41) is 17.2. The van der Waals surface area contributed by atoms with Crippen molar-refractivity contribution in [1.82, 2.24) is 10.6 Å². The van der Waals surface area contributed by atoms with Crippen LogP contribution in [0.4, 0.5) is 0 Å². The number of hydrogen-bond donors (Lipinski definition) is 3. The number of aliphatic hydroxyl groups is 1. The second-order valence-corrected chi connectivity index (χ2v) is 6.93. The Kier molecular flexibility index (Phi) is 13.1. The zero-order valence-corrected chi connectivity index (χ0v) is 18.3. The van der Waals surface area contributed by atoms with E-state index < -0.39 is 5.60 Å². The van der Waals surface area contributed by atoms with Gasteiger partial charge in [0.2, 0.25) is 0 Å². The van der Waals surface area contributed by atoms with Gasteiger partial charge in [-0.25, -0.2) is 0 Å². The van der Waals surface area contributed by atoms with Gasteiger partial charge in [0, 0.05) is 19.7 Å². The van der Waals surface area contributed by atoms with Gasteiger partial charge in [-0.15, -0.1) is 24.0 Å². The van der Waals surface area contributed by atoms with E-state index in [9.17, 15) is 5.11 Å². The normalized spacial score (nSPS) is 18.8. The fraction of sp³-hybridized carbons (Fsp3) is 0.944. The highest BCUT2D eigenvalue weighted by atomic mass is 127. The van der Waals surface area contributed by atoms with Crippen LogP contribution in [0.25, 0.3) is 0 Å². The quantitative estimate of drug-likeness (QED) is 0.284. The number of rotatable bonds is 9. The van der Waals surface area contributed by atoms with Crippen molar-refractivity contribution in [3.63, 3.8) is 0 Å². The zero-order valence-electron chi connectivity index (χ0n) is 15.9. The van der Waals surface area contributed by atoms with Gasteiger partial charge in [0.1, 0.15) is 0 Å². The second kappa shape index (κ2) is 13.2. The van der Waals surface area contributed by atoms with Crippen molar-refractivity contribution in [2.24, 2.45) is 10.9 Å². The van der Waals surface area contributed by atoms with Crippen LogP contribution in [0, 0.1) is 5.92 Å². The second-order valence-electron chi connectivity index (χ2n) is 6.93. The molecular formula is C18H38IN3O2. The van der Waals surface area contributed by atoms with Crippen LogP contribution in [0.5, 0.6) is 0 Å². The molecule has 0 aromatic rings. The summed E-state index contributed by atoms with van der Waals surface area (Å²) in [4.78, 5) is 4.60. The molecule has 5 nitrogen and oxygen atoms in total. The van der Waals surface area contributed by atoms with Gasteiger partial charge < -0.3 is 20.5 Å². The number of aliphatic imine (C=N–C) groups is 1. The number of guanidine groups is 1. The van der Waals surface area contributed by atoms with E-state index in [2.05, 4.69) is 36.4 Å². The fourth-order valence-corrected chi connectivity index (χ4v) is 3.09. The fourth-order valence-electron chi connectivity index (χ4n) is 3.09. The summed E-state index contributed by atoms with van der Waals surface area (Å²) < 4.78 is 5.78. The molecule has 0 spiro atoms. The van der Waals surface area contributed by atoms with E-state index in [1.807, 2.05) is 6.92 Å². The van der Waals surface area contributed by atoms with Crippen LogP contribution < -0.4 is 10.6 Å². The maximum absolute atomic E-state index is 10.6. The third kappa shape index (κ3) is 9.42. The molecule has 0 aliphatic heterocycles. The number of hydrogen-bond acceptors (Lipinski definition) is 3. The van der Waals surface area contributed by atoms with E-state index in [1.54, 1.807) is 0 Å². The molecule has 1 fully saturated rings. The molecular weight excluding hydrogens is 417 g/mol. The van der Waals surface area contributed by atoms with E-state index in [-0.39, 0.29) is 30.1 Å². The Morgan fingerprint density at radius 1 is 1.17 bits per heavy atom. The molecule has 24 heavy (non-hydrogen) atoms. The molecule has 6 heteroatoms. The lowest BCUT2D eigenvalue weighted by Crippen LogP contribution is -2.42. The van der Waals surface area contributed by atoms with Crippen molar-refractivity contribution in [2.45, 2.75) is 77.9 Å². The molecule has 0 saturated heterocycles. The first kappa shape index (κ1) is 23.9. The van der Waals surface area contributed by atoms with Gasteiger partial charge in [-0.1, -0.05) is 33.1 Å². The maximum atomic E-state index is 10.6. The van der Waals surface area contributed by atoms with Crippen molar-refractivity contribution < 1.29 is 9.84 Å². The summed E-state index contributed by atoms with van der Waals surface area (Å²) in [5.41, 5.74) is -0.605. The van der Waals surface area contributed by atoms with Crippen LogP contribution in [0.3, 0.4) is 0 Å². The first-order valence-corrected chi connectivity index (χ1v) is 9.37. The standard InChI is InChI=1S/C18H37N3O2.HI/c1-5-19-17(20-13-10-16(15(3)4)23-6-2)21-14-18(22)11-8-7-9-12-18;/h15-16,22H,5-14H2,1-4H3,(H2,19,20,21);1H. The Bertz CT molecular complexity index is 345. The first-order valence-electron chi connectivity index (χ1n) is 9.37. The molecule has 0 radical (unpaired) electrons. The highest BCUT2D eigenvalue weighted by Gasteiger charge is 2.28. The SMILES string of the molecule is CCNC(=NCC1(O)CCCCC1)NCCC(OCC)C(C)C.I. The molecule has 0 amide bonds. The molecule has 0 aromatic heterocycles. The van der Waals surface area contributed by atoms with Crippen LogP contribution in [-0.4, -0.2) is 49.0 Å². The molecule has 1 saturated carbocycles.